The Kier molecular flexibility index (Phi) is 4.55. The van der Waals surface area contributed by atoms with Gasteiger partial charge in [-0.1, -0.05) is 18.2 Å². The minimum atomic E-state index is -1.09. The van der Waals surface area contributed by atoms with E-state index in [1.165, 1.54) is 18.3 Å². The van der Waals surface area contributed by atoms with E-state index < -0.39 is 5.60 Å². The van der Waals surface area contributed by atoms with Gasteiger partial charge in [-0.2, -0.15) is 0 Å². The topological polar surface area (TPSA) is 66.4 Å². The summed E-state index contributed by atoms with van der Waals surface area (Å²) in [6.07, 6.45) is 0. The molecule has 0 aliphatic heterocycles. The lowest BCUT2D eigenvalue weighted by atomic mass is 10.0. The van der Waals surface area contributed by atoms with Gasteiger partial charge < -0.3 is 10.4 Å². The Morgan fingerprint density at radius 2 is 1.81 bits per heavy atom. The number of nitrogens with one attached hydrogen (secondary N) is 1. The zero-order valence-corrected chi connectivity index (χ0v) is 12.7. The molecule has 2 rings (SSSR count). The van der Waals surface area contributed by atoms with Crippen LogP contribution >= 0.6 is 11.3 Å². The predicted molar refractivity (Wildman–Crippen MR) is 82.7 cm³/mol. The number of aliphatic hydroxyl groups is 1. The number of hydrogen-bond acceptors (Lipinski definition) is 4. The summed E-state index contributed by atoms with van der Waals surface area (Å²) in [4.78, 5) is 24.0. The summed E-state index contributed by atoms with van der Waals surface area (Å²) < 4.78 is 0. The second-order valence-corrected chi connectivity index (χ2v) is 6.02. The molecule has 110 valence electrons. The van der Waals surface area contributed by atoms with Crippen LogP contribution in [0.4, 0.5) is 0 Å². The average Bonchev–Trinajstić information content (AvgIpc) is 3.00. The normalized spacial score (nSPS) is 13.5. The highest BCUT2D eigenvalue weighted by Crippen LogP contribution is 2.24. The monoisotopic (exact) mass is 303 g/mol. The number of thiophene rings is 1. The standard InChI is InChI=1S/C16H17NO3S/c1-11(18)12-5-7-13(8-6-12)15(19)17-10-16(2,20)14-4-3-9-21-14/h3-9,20H,10H2,1-2H3,(H,17,19). The summed E-state index contributed by atoms with van der Waals surface area (Å²) in [5.41, 5.74) is -0.0671. The minimum absolute atomic E-state index is 0.0393. The van der Waals surface area contributed by atoms with Crippen molar-refractivity contribution >= 4 is 23.0 Å². The van der Waals surface area contributed by atoms with E-state index in [-0.39, 0.29) is 18.2 Å². The fourth-order valence-electron chi connectivity index (χ4n) is 1.88. The van der Waals surface area contributed by atoms with Crippen LogP contribution in [0.15, 0.2) is 41.8 Å². The SMILES string of the molecule is CC(=O)c1ccc(C(=O)NCC(C)(O)c2cccs2)cc1. The molecule has 1 atom stereocenters. The van der Waals surface area contributed by atoms with Crippen molar-refractivity contribution in [2.24, 2.45) is 0 Å². The van der Waals surface area contributed by atoms with E-state index in [2.05, 4.69) is 5.32 Å². The molecule has 0 saturated heterocycles. The van der Waals surface area contributed by atoms with E-state index in [4.69, 9.17) is 0 Å². The number of benzene rings is 1. The first-order chi connectivity index (χ1) is 9.90. The molecule has 0 saturated carbocycles. The molecule has 0 radical (unpaired) electrons. The molecular formula is C16H17NO3S. The van der Waals surface area contributed by atoms with Gasteiger partial charge in [0.05, 0.1) is 6.54 Å². The lowest BCUT2D eigenvalue weighted by Crippen LogP contribution is -2.38. The van der Waals surface area contributed by atoms with Gasteiger partial charge in [0.25, 0.3) is 5.91 Å². The van der Waals surface area contributed by atoms with E-state index in [0.29, 0.717) is 11.1 Å². The van der Waals surface area contributed by atoms with E-state index in [1.54, 1.807) is 31.2 Å². The predicted octanol–water partition coefficient (Wildman–Crippen LogP) is 2.59. The average molecular weight is 303 g/mol. The quantitative estimate of drug-likeness (QED) is 0.834. The molecule has 0 fully saturated rings. The van der Waals surface area contributed by atoms with Crippen molar-refractivity contribution in [3.8, 4) is 0 Å². The van der Waals surface area contributed by atoms with Crippen molar-refractivity contribution in [3.05, 3.63) is 57.8 Å². The van der Waals surface area contributed by atoms with Gasteiger partial charge in [-0.3, -0.25) is 9.59 Å². The Bertz CT molecular complexity index is 630. The van der Waals surface area contributed by atoms with Crippen LogP contribution in [-0.2, 0) is 5.60 Å². The highest BCUT2D eigenvalue weighted by atomic mass is 32.1. The van der Waals surface area contributed by atoms with Crippen LogP contribution in [0.1, 0.15) is 39.4 Å². The van der Waals surface area contributed by atoms with Crippen molar-refractivity contribution in [2.45, 2.75) is 19.4 Å². The zero-order valence-electron chi connectivity index (χ0n) is 11.9. The van der Waals surface area contributed by atoms with Gasteiger partial charge >= 0.3 is 0 Å². The first-order valence-electron chi connectivity index (χ1n) is 6.56. The maximum atomic E-state index is 12.0. The van der Waals surface area contributed by atoms with Crippen LogP contribution in [0.5, 0.6) is 0 Å². The molecule has 21 heavy (non-hydrogen) atoms. The third-order valence-corrected chi connectivity index (χ3v) is 4.32. The molecule has 1 unspecified atom stereocenters. The zero-order chi connectivity index (χ0) is 15.5. The highest BCUT2D eigenvalue weighted by molar-refractivity contribution is 7.10. The van der Waals surface area contributed by atoms with Crippen LogP contribution in [-0.4, -0.2) is 23.3 Å². The molecule has 4 nitrogen and oxygen atoms in total. The van der Waals surface area contributed by atoms with Crippen LogP contribution in [0.3, 0.4) is 0 Å². The number of hydrogen-bond donors (Lipinski definition) is 2. The maximum Gasteiger partial charge on any atom is 0.251 e. The molecular weight excluding hydrogens is 286 g/mol. The number of rotatable bonds is 5. The number of carbonyl (C=O) groups is 2. The summed E-state index contributed by atoms with van der Waals surface area (Å²) in [6, 6.07) is 10.1. The molecule has 1 amide bonds. The van der Waals surface area contributed by atoms with E-state index >= 15 is 0 Å². The summed E-state index contributed by atoms with van der Waals surface area (Å²) in [7, 11) is 0. The lowest BCUT2D eigenvalue weighted by Gasteiger charge is -2.22. The van der Waals surface area contributed by atoms with Crippen molar-refractivity contribution in [1.29, 1.82) is 0 Å². The molecule has 1 aromatic heterocycles. The molecule has 0 bridgehead atoms. The summed E-state index contributed by atoms with van der Waals surface area (Å²) in [6.45, 7) is 3.27. The molecule has 1 aromatic carbocycles. The second-order valence-electron chi connectivity index (χ2n) is 5.07. The first-order valence-corrected chi connectivity index (χ1v) is 7.44. The van der Waals surface area contributed by atoms with E-state index in [9.17, 15) is 14.7 Å². The van der Waals surface area contributed by atoms with Crippen molar-refractivity contribution in [2.75, 3.05) is 6.54 Å². The van der Waals surface area contributed by atoms with E-state index in [0.717, 1.165) is 4.88 Å². The number of ketones is 1. The largest absolute Gasteiger partial charge is 0.383 e. The van der Waals surface area contributed by atoms with Gasteiger partial charge in [0, 0.05) is 16.0 Å². The van der Waals surface area contributed by atoms with Gasteiger partial charge in [0.1, 0.15) is 5.60 Å². The molecule has 0 spiro atoms. The number of amides is 1. The van der Waals surface area contributed by atoms with Crippen molar-refractivity contribution < 1.29 is 14.7 Å². The maximum absolute atomic E-state index is 12.0. The Morgan fingerprint density at radius 1 is 1.19 bits per heavy atom. The van der Waals surface area contributed by atoms with Gasteiger partial charge in [0.2, 0.25) is 0 Å². The minimum Gasteiger partial charge on any atom is -0.383 e. The third kappa shape index (κ3) is 3.77. The summed E-state index contributed by atoms with van der Waals surface area (Å²) in [5, 5.41) is 14.9. The van der Waals surface area contributed by atoms with Gasteiger partial charge in [-0.15, -0.1) is 11.3 Å². The third-order valence-electron chi connectivity index (χ3n) is 3.20. The number of carbonyl (C=O) groups excluding carboxylic acids is 2. The van der Waals surface area contributed by atoms with Crippen LogP contribution in [0.2, 0.25) is 0 Å². The Labute approximate surface area is 127 Å². The molecule has 2 aromatic rings. The van der Waals surface area contributed by atoms with Gasteiger partial charge in [0.15, 0.2) is 5.78 Å². The van der Waals surface area contributed by atoms with Gasteiger partial charge in [-0.05, 0) is 37.4 Å². The molecule has 2 N–H and O–H groups in total. The van der Waals surface area contributed by atoms with E-state index in [1.807, 2.05) is 17.5 Å². The van der Waals surface area contributed by atoms with Gasteiger partial charge in [-0.25, -0.2) is 0 Å². The highest BCUT2D eigenvalue weighted by Gasteiger charge is 2.25. The van der Waals surface area contributed by atoms with Crippen molar-refractivity contribution in [3.63, 3.8) is 0 Å². The van der Waals surface area contributed by atoms with Crippen LogP contribution < -0.4 is 5.32 Å². The Morgan fingerprint density at radius 3 is 2.33 bits per heavy atom. The Hall–Kier alpha value is -1.98. The molecule has 5 heteroatoms. The van der Waals surface area contributed by atoms with Crippen molar-refractivity contribution in [1.82, 2.24) is 5.32 Å². The smallest absolute Gasteiger partial charge is 0.251 e. The molecule has 0 aliphatic carbocycles. The molecule has 1 heterocycles. The lowest BCUT2D eigenvalue weighted by molar-refractivity contribution is 0.0557. The summed E-state index contributed by atoms with van der Waals surface area (Å²) >= 11 is 1.44. The van der Waals surface area contributed by atoms with Crippen LogP contribution in [0, 0.1) is 0 Å². The Balaban J connectivity index is 2.00. The fourth-order valence-corrected chi connectivity index (χ4v) is 2.67. The summed E-state index contributed by atoms with van der Waals surface area (Å²) in [5.74, 6) is -0.315. The van der Waals surface area contributed by atoms with Crippen LogP contribution in [0.25, 0.3) is 0 Å². The first kappa shape index (κ1) is 15.4. The second kappa shape index (κ2) is 6.20. The fraction of sp³-hybridized carbons (Fsp3) is 0.250. The number of Topliss-reactive ketones (excluding diaryl/α,β-unsaturated/α-hetero) is 1. The molecule has 0 aliphatic rings.